The number of rotatable bonds is 5. The highest BCUT2D eigenvalue weighted by atomic mass is 16.5. The zero-order valence-electron chi connectivity index (χ0n) is 13.3. The molecule has 2 amide bonds. The number of benzene rings is 2. The molecule has 1 aliphatic heterocycles. The van der Waals surface area contributed by atoms with Crippen LogP contribution in [0.4, 0.5) is 0 Å². The van der Waals surface area contributed by atoms with Gasteiger partial charge >= 0.3 is 0 Å². The van der Waals surface area contributed by atoms with Crippen LogP contribution in [0.15, 0.2) is 48.5 Å². The number of imide groups is 1. The van der Waals surface area contributed by atoms with Crippen LogP contribution >= 0.6 is 0 Å². The molecule has 0 aromatic heterocycles. The molecule has 0 unspecified atom stereocenters. The van der Waals surface area contributed by atoms with E-state index in [1.807, 2.05) is 38.1 Å². The summed E-state index contributed by atoms with van der Waals surface area (Å²) < 4.78 is 5.60. The number of carbonyl (C=O) groups is 2. The fourth-order valence-electron chi connectivity index (χ4n) is 2.65. The summed E-state index contributed by atoms with van der Waals surface area (Å²) in [5, 5.41) is 0. The van der Waals surface area contributed by atoms with Crippen molar-refractivity contribution in [2.45, 2.75) is 33.1 Å². The molecule has 4 nitrogen and oxygen atoms in total. The van der Waals surface area contributed by atoms with Crippen molar-refractivity contribution in [1.29, 1.82) is 0 Å². The number of hydrogen-bond acceptors (Lipinski definition) is 3. The molecule has 0 atom stereocenters. The largest absolute Gasteiger partial charge is 0.374 e. The van der Waals surface area contributed by atoms with Gasteiger partial charge in [-0.2, -0.15) is 0 Å². The number of fused-ring (bicyclic) bond motifs is 1. The number of carbonyl (C=O) groups excluding carboxylic acids is 2. The molecule has 0 fully saturated rings. The monoisotopic (exact) mass is 309 g/mol. The van der Waals surface area contributed by atoms with Gasteiger partial charge in [-0.3, -0.25) is 14.5 Å². The van der Waals surface area contributed by atoms with E-state index in [4.69, 9.17) is 4.74 Å². The van der Waals surface area contributed by atoms with Crippen LogP contribution in [0.3, 0.4) is 0 Å². The van der Waals surface area contributed by atoms with E-state index in [-0.39, 0.29) is 24.5 Å². The maximum absolute atomic E-state index is 12.4. The van der Waals surface area contributed by atoms with Crippen molar-refractivity contribution >= 4 is 11.8 Å². The Labute approximate surface area is 135 Å². The van der Waals surface area contributed by atoms with Crippen molar-refractivity contribution in [2.24, 2.45) is 0 Å². The summed E-state index contributed by atoms with van der Waals surface area (Å²) >= 11 is 0. The summed E-state index contributed by atoms with van der Waals surface area (Å²) in [6.45, 7) is 4.78. The second-order valence-corrected chi connectivity index (χ2v) is 5.92. The van der Waals surface area contributed by atoms with E-state index in [0.29, 0.717) is 17.7 Å². The van der Waals surface area contributed by atoms with Gasteiger partial charge in [0.25, 0.3) is 11.8 Å². The highest BCUT2D eigenvalue weighted by Crippen LogP contribution is 2.24. The van der Waals surface area contributed by atoms with Gasteiger partial charge in [0.1, 0.15) is 0 Å². The fraction of sp³-hybridized carbons (Fsp3) is 0.263. The Morgan fingerprint density at radius 1 is 0.913 bits per heavy atom. The van der Waals surface area contributed by atoms with Crippen LogP contribution in [-0.2, 0) is 17.9 Å². The standard InChI is InChI=1S/C19H19NO3/c1-13(2)23-12-15-7-5-6-14(10-15)11-20-18(21)16-8-3-4-9-17(16)19(20)22/h3-10,13H,11-12H2,1-2H3. The molecule has 0 aliphatic carbocycles. The third kappa shape index (κ3) is 3.17. The molecule has 1 aliphatic rings. The molecule has 0 radical (unpaired) electrons. The minimum atomic E-state index is -0.227. The molecule has 0 bridgehead atoms. The van der Waals surface area contributed by atoms with Gasteiger partial charge < -0.3 is 4.74 Å². The second kappa shape index (κ2) is 6.34. The molecule has 2 aromatic carbocycles. The molecule has 1 heterocycles. The van der Waals surface area contributed by atoms with E-state index in [2.05, 4.69) is 0 Å². The minimum absolute atomic E-state index is 0.162. The summed E-state index contributed by atoms with van der Waals surface area (Å²) in [7, 11) is 0. The summed E-state index contributed by atoms with van der Waals surface area (Å²) in [5.74, 6) is -0.455. The first-order valence-corrected chi connectivity index (χ1v) is 7.71. The van der Waals surface area contributed by atoms with Crippen LogP contribution < -0.4 is 0 Å². The average Bonchev–Trinajstić information content (AvgIpc) is 2.79. The van der Waals surface area contributed by atoms with Gasteiger partial charge in [0, 0.05) is 0 Å². The predicted octanol–water partition coefficient (Wildman–Crippen LogP) is 3.41. The molecule has 118 valence electrons. The quantitative estimate of drug-likeness (QED) is 0.795. The summed E-state index contributed by atoms with van der Waals surface area (Å²) in [6.07, 6.45) is 0.162. The van der Waals surface area contributed by atoms with Gasteiger partial charge in [-0.15, -0.1) is 0 Å². The summed E-state index contributed by atoms with van der Waals surface area (Å²) in [6, 6.07) is 14.7. The fourth-order valence-corrected chi connectivity index (χ4v) is 2.65. The van der Waals surface area contributed by atoms with E-state index in [1.165, 1.54) is 4.90 Å². The molecule has 0 spiro atoms. The highest BCUT2D eigenvalue weighted by molar-refractivity contribution is 6.21. The molecule has 0 saturated carbocycles. The van der Waals surface area contributed by atoms with Crippen molar-refractivity contribution in [3.8, 4) is 0 Å². The van der Waals surface area contributed by atoms with Crippen LogP contribution in [0.2, 0.25) is 0 Å². The predicted molar refractivity (Wildman–Crippen MR) is 87.0 cm³/mol. The molecular weight excluding hydrogens is 290 g/mol. The lowest BCUT2D eigenvalue weighted by molar-refractivity contribution is 0.0641. The van der Waals surface area contributed by atoms with E-state index in [1.54, 1.807) is 24.3 Å². The minimum Gasteiger partial charge on any atom is -0.374 e. The van der Waals surface area contributed by atoms with Gasteiger partial charge in [0.15, 0.2) is 0 Å². The molecule has 0 N–H and O–H groups in total. The summed E-state index contributed by atoms with van der Waals surface area (Å²) in [4.78, 5) is 26.1. The SMILES string of the molecule is CC(C)OCc1cccc(CN2C(=O)c3ccccc3C2=O)c1. The first-order chi connectivity index (χ1) is 11.1. The van der Waals surface area contributed by atoms with Crippen molar-refractivity contribution in [3.05, 3.63) is 70.8 Å². The smallest absolute Gasteiger partial charge is 0.261 e. The zero-order valence-corrected chi connectivity index (χ0v) is 13.3. The number of amides is 2. The Bertz CT molecular complexity index is 717. The van der Waals surface area contributed by atoms with E-state index < -0.39 is 0 Å². The van der Waals surface area contributed by atoms with E-state index in [0.717, 1.165) is 11.1 Å². The van der Waals surface area contributed by atoms with Crippen molar-refractivity contribution in [3.63, 3.8) is 0 Å². The van der Waals surface area contributed by atoms with E-state index in [9.17, 15) is 9.59 Å². The van der Waals surface area contributed by atoms with Crippen molar-refractivity contribution < 1.29 is 14.3 Å². The van der Waals surface area contributed by atoms with Crippen LogP contribution in [0.1, 0.15) is 45.7 Å². The van der Waals surface area contributed by atoms with Gasteiger partial charge in [-0.25, -0.2) is 0 Å². The molecule has 3 rings (SSSR count). The third-order valence-corrected chi connectivity index (χ3v) is 3.79. The Kier molecular flexibility index (Phi) is 4.26. The molecule has 23 heavy (non-hydrogen) atoms. The topological polar surface area (TPSA) is 46.6 Å². The van der Waals surface area contributed by atoms with Gasteiger partial charge in [0.2, 0.25) is 0 Å². The average molecular weight is 309 g/mol. The Balaban J connectivity index is 1.77. The van der Waals surface area contributed by atoms with Gasteiger partial charge in [-0.1, -0.05) is 36.4 Å². The maximum Gasteiger partial charge on any atom is 0.261 e. The third-order valence-electron chi connectivity index (χ3n) is 3.79. The van der Waals surface area contributed by atoms with Crippen LogP contribution in [0.5, 0.6) is 0 Å². The number of hydrogen-bond donors (Lipinski definition) is 0. The summed E-state index contributed by atoms with van der Waals surface area (Å²) in [5.41, 5.74) is 2.92. The Morgan fingerprint density at radius 2 is 1.52 bits per heavy atom. The first kappa shape index (κ1) is 15.4. The number of ether oxygens (including phenoxy) is 1. The lowest BCUT2D eigenvalue weighted by Crippen LogP contribution is -2.29. The Hall–Kier alpha value is -2.46. The molecule has 4 heteroatoms. The van der Waals surface area contributed by atoms with Crippen LogP contribution in [0.25, 0.3) is 0 Å². The lowest BCUT2D eigenvalue weighted by Gasteiger charge is -2.15. The first-order valence-electron chi connectivity index (χ1n) is 7.71. The lowest BCUT2D eigenvalue weighted by atomic mass is 10.1. The van der Waals surface area contributed by atoms with E-state index >= 15 is 0 Å². The normalized spacial score (nSPS) is 13.8. The molecular formula is C19H19NO3. The van der Waals surface area contributed by atoms with Crippen LogP contribution in [-0.4, -0.2) is 22.8 Å². The second-order valence-electron chi connectivity index (χ2n) is 5.92. The molecule has 2 aromatic rings. The van der Waals surface area contributed by atoms with Crippen molar-refractivity contribution in [2.75, 3.05) is 0 Å². The number of nitrogens with zero attached hydrogens (tertiary/aromatic N) is 1. The zero-order chi connectivity index (χ0) is 16.4. The van der Waals surface area contributed by atoms with Gasteiger partial charge in [-0.05, 0) is 37.1 Å². The molecule has 0 saturated heterocycles. The highest BCUT2D eigenvalue weighted by Gasteiger charge is 2.34. The van der Waals surface area contributed by atoms with Crippen LogP contribution in [0, 0.1) is 0 Å². The van der Waals surface area contributed by atoms with Crippen molar-refractivity contribution in [1.82, 2.24) is 4.90 Å². The maximum atomic E-state index is 12.4. The van der Waals surface area contributed by atoms with Gasteiger partial charge in [0.05, 0.1) is 30.4 Å². The Morgan fingerprint density at radius 3 is 2.13 bits per heavy atom.